The van der Waals surface area contributed by atoms with Crippen molar-refractivity contribution >= 4 is 0 Å². The molecule has 1 heterocycles. The van der Waals surface area contributed by atoms with E-state index in [1.165, 1.54) is 83.6 Å². The van der Waals surface area contributed by atoms with Crippen LogP contribution < -0.4 is 0 Å². The van der Waals surface area contributed by atoms with Gasteiger partial charge in [0.15, 0.2) is 0 Å². The Kier molecular flexibility index (Phi) is 7.37. The molecule has 1 aliphatic carbocycles. The van der Waals surface area contributed by atoms with E-state index >= 15 is 0 Å². The van der Waals surface area contributed by atoms with Gasteiger partial charge < -0.3 is 5.11 Å². The minimum absolute atomic E-state index is 0.0880. The highest BCUT2D eigenvalue weighted by atomic mass is 16.3. The number of piperidine rings is 1. The fourth-order valence-electron chi connectivity index (χ4n) is 4.15. The van der Waals surface area contributed by atoms with Gasteiger partial charge in [0.25, 0.3) is 0 Å². The molecule has 3 atom stereocenters. The third-order valence-corrected chi connectivity index (χ3v) is 5.47. The SMILES string of the molecule is CC1CCCCN1C1CCCCCCCCCCC1O. The molecule has 2 fully saturated rings. The molecule has 2 rings (SSSR count). The Hall–Kier alpha value is -0.0800. The Morgan fingerprint density at radius 2 is 1.25 bits per heavy atom. The van der Waals surface area contributed by atoms with Crippen molar-refractivity contribution in [2.75, 3.05) is 6.54 Å². The Morgan fingerprint density at radius 3 is 1.90 bits per heavy atom. The Labute approximate surface area is 125 Å². The van der Waals surface area contributed by atoms with Gasteiger partial charge in [-0.1, -0.05) is 57.8 Å². The second kappa shape index (κ2) is 9.04. The van der Waals surface area contributed by atoms with Crippen molar-refractivity contribution in [3.8, 4) is 0 Å². The summed E-state index contributed by atoms with van der Waals surface area (Å²) in [6.45, 7) is 3.57. The summed E-state index contributed by atoms with van der Waals surface area (Å²) in [7, 11) is 0. The second-order valence-electron chi connectivity index (χ2n) is 7.12. The molecule has 0 amide bonds. The number of hydrogen-bond acceptors (Lipinski definition) is 2. The van der Waals surface area contributed by atoms with Crippen molar-refractivity contribution in [2.24, 2.45) is 0 Å². The van der Waals surface area contributed by atoms with Gasteiger partial charge in [0.2, 0.25) is 0 Å². The Balaban J connectivity index is 1.92. The van der Waals surface area contributed by atoms with E-state index in [0.29, 0.717) is 12.1 Å². The van der Waals surface area contributed by atoms with Crippen molar-refractivity contribution in [1.82, 2.24) is 4.90 Å². The van der Waals surface area contributed by atoms with Gasteiger partial charge in [0.05, 0.1) is 6.10 Å². The molecule has 20 heavy (non-hydrogen) atoms. The van der Waals surface area contributed by atoms with E-state index in [1.807, 2.05) is 0 Å². The van der Waals surface area contributed by atoms with Gasteiger partial charge in [-0.05, 0) is 39.2 Å². The van der Waals surface area contributed by atoms with Crippen LogP contribution in [-0.4, -0.2) is 34.7 Å². The number of aliphatic hydroxyl groups is 1. The molecule has 0 spiro atoms. The predicted molar refractivity (Wildman–Crippen MR) is 86.0 cm³/mol. The first-order chi connectivity index (χ1) is 9.79. The molecule has 1 aliphatic heterocycles. The van der Waals surface area contributed by atoms with Crippen LogP contribution in [0.3, 0.4) is 0 Å². The lowest BCUT2D eigenvalue weighted by molar-refractivity contribution is 0.00207. The lowest BCUT2D eigenvalue weighted by Crippen LogP contribution is -2.50. The molecule has 118 valence electrons. The molecule has 2 heteroatoms. The van der Waals surface area contributed by atoms with E-state index in [2.05, 4.69) is 11.8 Å². The minimum Gasteiger partial charge on any atom is -0.391 e. The summed E-state index contributed by atoms with van der Waals surface area (Å²) < 4.78 is 0. The van der Waals surface area contributed by atoms with E-state index < -0.39 is 0 Å². The molecule has 1 saturated carbocycles. The van der Waals surface area contributed by atoms with Gasteiger partial charge in [0, 0.05) is 12.1 Å². The topological polar surface area (TPSA) is 23.5 Å². The van der Waals surface area contributed by atoms with Crippen LogP contribution >= 0.6 is 0 Å². The maximum atomic E-state index is 10.7. The van der Waals surface area contributed by atoms with E-state index in [9.17, 15) is 5.11 Å². The quantitative estimate of drug-likeness (QED) is 0.764. The summed E-state index contributed by atoms with van der Waals surface area (Å²) in [5.74, 6) is 0. The molecule has 3 unspecified atom stereocenters. The van der Waals surface area contributed by atoms with Gasteiger partial charge in [0.1, 0.15) is 0 Å². The molecule has 0 aromatic carbocycles. The van der Waals surface area contributed by atoms with Gasteiger partial charge in [-0.25, -0.2) is 0 Å². The van der Waals surface area contributed by atoms with Gasteiger partial charge >= 0.3 is 0 Å². The molecule has 1 saturated heterocycles. The molecule has 0 radical (unpaired) electrons. The van der Waals surface area contributed by atoms with E-state index in [1.54, 1.807) is 0 Å². The smallest absolute Gasteiger partial charge is 0.0695 e. The first-order valence-corrected chi connectivity index (χ1v) is 9.23. The molecule has 2 aliphatic rings. The highest BCUT2D eigenvalue weighted by Crippen LogP contribution is 2.26. The molecular weight excluding hydrogens is 246 g/mol. The van der Waals surface area contributed by atoms with Gasteiger partial charge in [-0.3, -0.25) is 4.90 Å². The minimum atomic E-state index is -0.0880. The average molecular weight is 281 g/mol. The van der Waals surface area contributed by atoms with Crippen LogP contribution in [0.1, 0.15) is 90.4 Å². The van der Waals surface area contributed by atoms with Crippen LogP contribution in [0, 0.1) is 0 Å². The summed E-state index contributed by atoms with van der Waals surface area (Å²) in [5.41, 5.74) is 0. The van der Waals surface area contributed by atoms with Crippen molar-refractivity contribution in [1.29, 1.82) is 0 Å². The molecule has 0 aromatic heterocycles. The largest absolute Gasteiger partial charge is 0.391 e. The molecule has 0 aromatic rings. The summed E-state index contributed by atoms with van der Waals surface area (Å²) in [5, 5.41) is 10.7. The van der Waals surface area contributed by atoms with Crippen LogP contribution in [0.2, 0.25) is 0 Å². The van der Waals surface area contributed by atoms with Crippen molar-refractivity contribution in [3.63, 3.8) is 0 Å². The van der Waals surface area contributed by atoms with E-state index in [-0.39, 0.29) is 6.10 Å². The second-order valence-corrected chi connectivity index (χ2v) is 7.12. The van der Waals surface area contributed by atoms with Crippen LogP contribution in [0.5, 0.6) is 0 Å². The van der Waals surface area contributed by atoms with E-state index in [0.717, 1.165) is 6.42 Å². The van der Waals surface area contributed by atoms with Crippen molar-refractivity contribution in [2.45, 2.75) is 109 Å². The van der Waals surface area contributed by atoms with Crippen LogP contribution in [0.4, 0.5) is 0 Å². The number of likely N-dealkylation sites (tertiary alicyclic amines) is 1. The monoisotopic (exact) mass is 281 g/mol. The zero-order valence-corrected chi connectivity index (χ0v) is 13.5. The summed E-state index contributed by atoms with van der Waals surface area (Å²) in [4.78, 5) is 2.64. The van der Waals surface area contributed by atoms with Gasteiger partial charge in [-0.2, -0.15) is 0 Å². The Bertz CT molecular complexity index is 256. The number of aliphatic hydroxyl groups excluding tert-OH is 1. The summed E-state index contributed by atoms with van der Waals surface area (Å²) in [6.07, 6.45) is 17.0. The van der Waals surface area contributed by atoms with Gasteiger partial charge in [-0.15, -0.1) is 0 Å². The maximum Gasteiger partial charge on any atom is 0.0695 e. The van der Waals surface area contributed by atoms with E-state index in [4.69, 9.17) is 0 Å². The molecule has 0 bridgehead atoms. The Morgan fingerprint density at radius 1 is 0.700 bits per heavy atom. The lowest BCUT2D eigenvalue weighted by atomic mass is 9.91. The normalized spacial score (nSPS) is 36.0. The number of hydrogen-bond donors (Lipinski definition) is 1. The zero-order chi connectivity index (χ0) is 14.2. The highest BCUT2D eigenvalue weighted by molar-refractivity contribution is 4.85. The fraction of sp³-hybridized carbons (Fsp3) is 1.00. The summed E-state index contributed by atoms with van der Waals surface area (Å²) in [6, 6.07) is 1.11. The van der Waals surface area contributed by atoms with Crippen molar-refractivity contribution in [3.05, 3.63) is 0 Å². The highest BCUT2D eigenvalue weighted by Gasteiger charge is 2.30. The first-order valence-electron chi connectivity index (χ1n) is 9.23. The molecular formula is C18H35NO. The lowest BCUT2D eigenvalue weighted by Gasteiger charge is -2.42. The predicted octanol–water partition coefficient (Wildman–Crippen LogP) is 4.50. The number of nitrogens with zero attached hydrogens (tertiary/aromatic N) is 1. The summed E-state index contributed by atoms with van der Waals surface area (Å²) >= 11 is 0. The number of rotatable bonds is 1. The van der Waals surface area contributed by atoms with Crippen LogP contribution in [0.15, 0.2) is 0 Å². The van der Waals surface area contributed by atoms with Crippen LogP contribution in [-0.2, 0) is 0 Å². The molecule has 1 N–H and O–H groups in total. The van der Waals surface area contributed by atoms with Crippen LogP contribution in [0.25, 0.3) is 0 Å². The average Bonchev–Trinajstić information content (AvgIpc) is 2.44. The van der Waals surface area contributed by atoms with Crippen molar-refractivity contribution < 1.29 is 5.11 Å². The third-order valence-electron chi connectivity index (χ3n) is 5.47. The third kappa shape index (κ3) is 5.04. The first kappa shape index (κ1) is 16.3. The zero-order valence-electron chi connectivity index (χ0n) is 13.5. The standard InChI is InChI=1S/C18H35NO/c1-16-12-10-11-15-19(16)17-13-8-6-4-2-3-5-7-9-14-18(17)20/h16-18,20H,2-15H2,1H3. The fourth-order valence-corrected chi connectivity index (χ4v) is 4.15. The maximum absolute atomic E-state index is 10.7. The molecule has 2 nitrogen and oxygen atoms in total.